The van der Waals surface area contributed by atoms with Crippen LogP contribution in [0, 0.1) is 6.92 Å². The number of nitrogens with one attached hydrogen (secondary N) is 1. The van der Waals surface area contributed by atoms with E-state index in [0.717, 1.165) is 27.9 Å². The Hall–Kier alpha value is -3.61. The van der Waals surface area contributed by atoms with Gasteiger partial charge in [0.1, 0.15) is 11.8 Å². The van der Waals surface area contributed by atoms with Crippen LogP contribution >= 0.6 is 0 Å². The first kappa shape index (κ1) is 20.7. The van der Waals surface area contributed by atoms with Crippen molar-refractivity contribution in [2.75, 3.05) is 6.61 Å². The van der Waals surface area contributed by atoms with Crippen molar-refractivity contribution in [3.8, 4) is 5.75 Å². The van der Waals surface area contributed by atoms with Gasteiger partial charge in [-0.2, -0.15) is 4.98 Å². The predicted molar refractivity (Wildman–Crippen MR) is 120 cm³/mol. The van der Waals surface area contributed by atoms with Crippen molar-refractivity contribution >= 4 is 22.5 Å². The molecule has 4 rings (SSSR count). The molecule has 0 saturated heterocycles. The van der Waals surface area contributed by atoms with E-state index in [1.807, 2.05) is 78.5 Å². The van der Waals surface area contributed by atoms with Gasteiger partial charge in [-0.3, -0.25) is 14.3 Å². The van der Waals surface area contributed by atoms with E-state index in [1.165, 1.54) is 6.07 Å². The van der Waals surface area contributed by atoms with Crippen LogP contribution in [-0.2, 0) is 11.3 Å². The summed E-state index contributed by atoms with van der Waals surface area (Å²) in [5.74, 6) is 0.669. The lowest BCUT2D eigenvalue weighted by atomic mass is 10.1. The summed E-state index contributed by atoms with van der Waals surface area (Å²) < 4.78 is 9.48. The van der Waals surface area contributed by atoms with E-state index >= 15 is 0 Å². The Morgan fingerprint density at radius 3 is 2.65 bits per heavy atom. The van der Waals surface area contributed by atoms with Gasteiger partial charge in [0.05, 0.1) is 12.1 Å². The summed E-state index contributed by atoms with van der Waals surface area (Å²) in [5, 5.41) is 3.91. The second kappa shape index (κ2) is 8.63. The zero-order valence-corrected chi connectivity index (χ0v) is 18.0. The Morgan fingerprint density at radius 1 is 1.13 bits per heavy atom. The van der Waals surface area contributed by atoms with Crippen molar-refractivity contribution in [1.82, 2.24) is 19.5 Å². The zero-order chi connectivity index (χ0) is 22.0. The topological polar surface area (TPSA) is 77.6 Å². The summed E-state index contributed by atoms with van der Waals surface area (Å²) in [6.45, 7) is 6.70. The van der Waals surface area contributed by atoms with Gasteiger partial charge in [-0.1, -0.05) is 37.3 Å². The van der Waals surface area contributed by atoms with Gasteiger partial charge in [-0.25, -0.2) is 4.52 Å². The highest BCUT2D eigenvalue weighted by molar-refractivity contribution is 5.94. The molecular formula is C24H26N4O3. The van der Waals surface area contributed by atoms with E-state index in [-0.39, 0.29) is 11.5 Å². The monoisotopic (exact) mass is 418 g/mol. The maximum atomic E-state index is 13.3. The SMILES string of the molecule is CCOc1ccccc1CNC(=O)C(CC)n1c2ccccc2c2nc(=O)cc(C)n21. The van der Waals surface area contributed by atoms with E-state index in [9.17, 15) is 9.59 Å². The van der Waals surface area contributed by atoms with Gasteiger partial charge >= 0.3 is 0 Å². The molecule has 0 bridgehead atoms. The molecule has 7 nitrogen and oxygen atoms in total. The number of aromatic nitrogens is 3. The molecule has 0 fully saturated rings. The van der Waals surface area contributed by atoms with Gasteiger partial charge in [0.15, 0.2) is 5.65 Å². The fraction of sp³-hybridized carbons (Fsp3) is 0.292. The third-order valence-electron chi connectivity index (χ3n) is 5.40. The number of ether oxygens (including phenoxy) is 1. The summed E-state index contributed by atoms with van der Waals surface area (Å²) >= 11 is 0. The average Bonchev–Trinajstić information content (AvgIpc) is 3.09. The van der Waals surface area contributed by atoms with Crippen LogP contribution in [0.25, 0.3) is 16.6 Å². The van der Waals surface area contributed by atoms with Crippen LogP contribution in [0.4, 0.5) is 0 Å². The number of rotatable bonds is 7. The Morgan fingerprint density at radius 2 is 1.87 bits per heavy atom. The molecule has 0 aliphatic carbocycles. The minimum absolute atomic E-state index is 0.102. The molecule has 1 amide bonds. The van der Waals surface area contributed by atoms with Crippen LogP contribution in [0.2, 0.25) is 0 Å². The van der Waals surface area contributed by atoms with Crippen molar-refractivity contribution < 1.29 is 9.53 Å². The van der Waals surface area contributed by atoms with E-state index in [1.54, 1.807) is 0 Å². The predicted octanol–water partition coefficient (Wildman–Crippen LogP) is 3.62. The molecular weight excluding hydrogens is 392 g/mol. The molecule has 2 heterocycles. The van der Waals surface area contributed by atoms with Crippen LogP contribution in [-0.4, -0.2) is 26.7 Å². The highest BCUT2D eigenvalue weighted by Gasteiger charge is 2.24. The molecule has 4 aromatic rings. The third-order valence-corrected chi connectivity index (χ3v) is 5.40. The summed E-state index contributed by atoms with van der Waals surface area (Å²) in [6, 6.07) is 16.4. The Kier molecular flexibility index (Phi) is 5.75. The lowest BCUT2D eigenvalue weighted by Crippen LogP contribution is -2.34. The van der Waals surface area contributed by atoms with Gasteiger partial charge in [-0.15, -0.1) is 0 Å². The number of hydrogen-bond donors (Lipinski definition) is 1. The lowest BCUT2D eigenvalue weighted by Gasteiger charge is -2.21. The maximum absolute atomic E-state index is 13.3. The summed E-state index contributed by atoms with van der Waals surface area (Å²) in [7, 11) is 0. The molecule has 0 saturated carbocycles. The molecule has 0 radical (unpaired) electrons. The largest absolute Gasteiger partial charge is 0.494 e. The number of para-hydroxylation sites is 2. The fourth-order valence-corrected chi connectivity index (χ4v) is 4.03. The highest BCUT2D eigenvalue weighted by atomic mass is 16.5. The molecule has 1 atom stereocenters. The molecule has 7 heteroatoms. The van der Waals surface area contributed by atoms with Gasteiger partial charge in [0.25, 0.3) is 5.56 Å². The minimum Gasteiger partial charge on any atom is -0.494 e. The van der Waals surface area contributed by atoms with Crippen molar-refractivity contribution in [2.24, 2.45) is 0 Å². The third kappa shape index (κ3) is 3.79. The highest BCUT2D eigenvalue weighted by Crippen LogP contribution is 2.27. The molecule has 0 aliphatic heterocycles. The number of amides is 1. The Balaban J connectivity index is 1.74. The van der Waals surface area contributed by atoms with Gasteiger partial charge < -0.3 is 10.1 Å². The van der Waals surface area contributed by atoms with Crippen molar-refractivity contribution in [3.05, 3.63) is 76.2 Å². The van der Waals surface area contributed by atoms with Crippen LogP contribution in [0.1, 0.15) is 37.6 Å². The van der Waals surface area contributed by atoms with E-state index in [0.29, 0.717) is 25.2 Å². The second-order valence-electron chi connectivity index (χ2n) is 7.42. The number of benzene rings is 2. The van der Waals surface area contributed by atoms with Gasteiger partial charge in [0.2, 0.25) is 5.91 Å². The van der Waals surface area contributed by atoms with Crippen LogP contribution in [0.5, 0.6) is 5.75 Å². The van der Waals surface area contributed by atoms with Crippen LogP contribution in [0.15, 0.2) is 59.4 Å². The second-order valence-corrected chi connectivity index (χ2v) is 7.42. The number of nitrogens with zero attached hydrogens (tertiary/aromatic N) is 3. The van der Waals surface area contributed by atoms with E-state index in [2.05, 4.69) is 10.3 Å². The minimum atomic E-state index is -0.468. The number of carbonyl (C=O) groups is 1. The summed E-state index contributed by atoms with van der Waals surface area (Å²) in [5.41, 5.74) is 2.80. The first-order valence-corrected chi connectivity index (χ1v) is 10.5. The smallest absolute Gasteiger partial charge is 0.273 e. The lowest BCUT2D eigenvalue weighted by molar-refractivity contribution is -0.124. The van der Waals surface area contributed by atoms with Crippen LogP contribution in [0.3, 0.4) is 0 Å². The molecule has 2 aromatic heterocycles. The quantitative estimate of drug-likeness (QED) is 0.497. The molecule has 1 N–H and O–H groups in total. The number of carbonyl (C=O) groups excluding carboxylic acids is 1. The number of aryl methyl sites for hydroxylation is 1. The summed E-state index contributed by atoms with van der Waals surface area (Å²) in [6.07, 6.45) is 0.582. The Labute approximate surface area is 180 Å². The zero-order valence-electron chi connectivity index (χ0n) is 18.0. The van der Waals surface area contributed by atoms with Crippen LogP contribution < -0.4 is 15.6 Å². The Bertz CT molecular complexity index is 1310. The molecule has 0 aliphatic rings. The van der Waals surface area contributed by atoms with Crippen molar-refractivity contribution in [2.45, 2.75) is 39.8 Å². The van der Waals surface area contributed by atoms with Crippen molar-refractivity contribution in [1.29, 1.82) is 0 Å². The molecule has 160 valence electrons. The normalized spacial score (nSPS) is 12.2. The molecule has 2 aromatic carbocycles. The fourth-order valence-electron chi connectivity index (χ4n) is 4.03. The van der Waals surface area contributed by atoms with Gasteiger partial charge in [0, 0.05) is 29.3 Å². The van der Waals surface area contributed by atoms with Crippen molar-refractivity contribution in [3.63, 3.8) is 0 Å². The average molecular weight is 418 g/mol. The first-order valence-electron chi connectivity index (χ1n) is 10.5. The first-order chi connectivity index (χ1) is 15.0. The standard InChI is InChI=1S/C24H26N4O3/c1-4-19(24(30)25-15-17-10-6-9-13-21(17)31-5-2)28-20-12-8-7-11-18(20)23-26-22(29)14-16(3)27(23)28/h6-14,19H,4-5,15H2,1-3H3,(H,25,30). The summed E-state index contributed by atoms with van der Waals surface area (Å²) in [4.78, 5) is 29.6. The maximum Gasteiger partial charge on any atom is 0.273 e. The van der Waals surface area contributed by atoms with E-state index < -0.39 is 6.04 Å². The molecule has 1 unspecified atom stereocenters. The van der Waals surface area contributed by atoms with Gasteiger partial charge in [-0.05, 0) is 38.5 Å². The molecule has 0 spiro atoms. The number of fused-ring (bicyclic) bond motifs is 3. The number of hydrogen-bond acceptors (Lipinski definition) is 4. The van der Waals surface area contributed by atoms with E-state index in [4.69, 9.17) is 4.74 Å². The molecule has 31 heavy (non-hydrogen) atoms.